The molecule has 2 atom stereocenters. The zero-order chi connectivity index (χ0) is 13.0. The zero-order valence-electron chi connectivity index (χ0n) is 11.0. The van der Waals surface area contributed by atoms with E-state index in [0.29, 0.717) is 6.42 Å². The summed E-state index contributed by atoms with van der Waals surface area (Å²) in [7, 11) is 0. The van der Waals surface area contributed by atoms with E-state index in [1.54, 1.807) is 0 Å². The molecule has 2 unspecified atom stereocenters. The first-order valence-corrected chi connectivity index (χ1v) is 6.76. The summed E-state index contributed by atoms with van der Waals surface area (Å²) in [5.74, 6) is 0.0895. The van der Waals surface area contributed by atoms with Crippen molar-refractivity contribution in [2.24, 2.45) is 5.73 Å². The number of nitrogens with two attached hydrogens (primary N) is 1. The summed E-state index contributed by atoms with van der Waals surface area (Å²) in [6.45, 7) is 2.04. The number of carbonyl (C=O) groups is 1. The maximum absolute atomic E-state index is 12.0. The van der Waals surface area contributed by atoms with Gasteiger partial charge in [-0.05, 0) is 30.9 Å². The van der Waals surface area contributed by atoms with Crippen LogP contribution in [-0.4, -0.2) is 18.0 Å². The standard InChI is InChI=1S/C15H22N2O/c1-11-6-2-3-7-12(11)10-15(18)17-14-9-5-4-8-13(14)16/h2-3,6-7,13-14H,4-5,8-10,16H2,1H3,(H,17,18). The lowest BCUT2D eigenvalue weighted by Crippen LogP contribution is -2.49. The predicted octanol–water partition coefficient (Wildman–Crippen LogP) is 1.92. The number of aryl methyl sites for hydroxylation is 1. The van der Waals surface area contributed by atoms with Gasteiger partial charge in [-0.3, -0.25) is 4.79 Å². The molecule has 3 heteroatoms. The van der Waals surface area contributed by atoms with E-state index >= 15 is 0 Å². The lowest BCUT2D eigenvalue weighted by Gasteiger charge is -2.29. The molecule has 0 saturated heterocycles. The molecule has 1 fully saturated rings. The van der Waals surface area contributed by atoms with Gasteiger partial charge in [0.15, 0.2) is 0 Å². The summed E-state index contributed by atoms with van der Waals surface area (Å²) in [5, 5.41) is 3.08. The molecule has 3 N–H and O–H groups in total. The van der Waals surface area contributed by atoms with E-state index in [1.807, 2.05) is 31.2 Å². The van der Waals surface area contributed by atoms with Gasteiger partial charge in [-0.25, -0.2) is 0 Å². The van der Waals surface area contributed by atoms with Crippen LogP contribution in [0.1, 0.15) is 36.8 Å². The van der Waals surface area contributed by atoms with Crippen LogP contribution in [0.5, 0.6) is 0 Å². The van der Waals surface area contributed by atoms with Gasteiger partial charge in [-0.15, -0.1) is 0 Å². The summed E-state index contributed by atoms with van der Waals surface area (Å²) >= 11 is 0. The van der Waals surface area contributed by atoms with Crippen molar-refractivity contribution in [2.75, 3.05) is 0 Å². The highest BCUT2D eigenvalue weighted by Gasteiger charge is 2.23. The molecule has 3 nitrogen and oxygen atoms in total. The average Bonchev–Trinajstić information content (AvgIpc) is 2.35. The summed E-state index contributed by atoms with van der Waals surface area (Å²) < 4.78 is 0. The van der Waals surface area contributed by atoms with E-state index < -0.39 is 0 Å². The van der Waals surface area contributed by atoms with Crippen molar-refractivity contribution in [2.45, 2.75) is 51.1 Å². The molecule has 0 aliphatic heterocycles. The number of hydrogen-bond donors (Lipinski definition) is 2. The lowest BCUT2D eigenvalue weighted by atomic mass is 9.91. The van der Waals surface area contributed by atoms with Crippen molar-refractivity contribution in [1.82, 2.24) is 5.32 Å². The topological polar surface area (TPSA) is 55.1 Å². The van der Waals surface area contributed by atoms with Gasteiger partial charge in [-0.1, -0.05) is 37.1 Å². The molecule has 1 aliphatic rings. The molecule has 0 heterocycles. The lowest BCUT2D eigenvalue weighted by molar-refractivity contribution is -0.121. The smallest absolute Gasteiger partial charge is 0.224 e. The van der Waals surface area contributed by atoms with E-state index in [4.69, 9.17) is 5.73 Å². The fraction of sp³-hybridized carbons (Fsp3) is 0.533. The summed E-state index contributed by atoms with van der Waals surface area (Å²) in [6.07, 6.45) is 4.85. The van der Waals surface area contributed by atoms with Gasteiger partial charge in [0.2, 0.25) is 5.91 Å². The number of rotatable bonds is 3. The third kappa shape index (κ3) is 3.33. The van der Waals surface area contributed by atoms with Crippen LogP contribution in [0, 0.1) is 6.92 Å². The van der Waals surface area contributed by atoms with Crippen molar-refractivity contribution in [3.8, 4) is 0 Å². The molecular formula is C15H22N2O. The summed E-state index contributed by atoms with van der Waals surface area (Å²) in [5.41, 5.74) is 8.30. The second-order valence-electron chi connectivity index (χ2n) is 5.23. The maximum atomic E-state index is 12.0. The second kappa shape index (κ2) is 6.01. The number of nitrogens with one attached hydrogen (secondary N) is 1. The van der Waals surface area contributed by atoms with Crippen LogP contribution in [0.25, 0.3) is 0 Å². The van der Waals surface area contributed by atoms with E-state index in [0.717, 1.165) is 18.4 Å². The number of benzene rings is 1. The van der Waals surface area contributed by atoms with Crippen LogP contribution < -0.4 is 11.1 Å². The van der Waals surface area contributed by atoms with Crippen molar-refractivity contribution in [1.29, 1.82) is 0 Å². The van der Waals surface area contributed by atoms with Crippen LogP contribution in [0.3, 0.4) is 0 Å². The Morgan fingerprint density at radius 2 is 2.06 bits per heavy atom. The molecule has 0 spiro atoms. The Bertz CT molecular complexity index is 417. The minimum atomic E-state index is 0.0895. The van der Waals surface area contributed by atoms with Gasteiger partial charge >= 0.3 is 0 Å². The third-order valence-electron chi connectivity index (χ3n) is 3.78. The molecule has 0 aromatic heterocycles. The summed E-state index contributed by atoms with van der Waals surface area (Å²) in [4.78, 5) is 12.0. The van der Waals surface area contributed by atoms with Gasteiger partial charge in [0, 0.05) is 12.1 Å². The maximum Gasteiger partial charge on any atom is 0.224 e. The Morgan fingerprint density at radius 1 is 1.33 bits per heavy atom. The third-order valence-corrected chi connectivity index (χ3v) is 3.78. The van der Waals surface area contributed by atoms with Crippen LogP contribution in [0.4, 0.5) is 0 Å². The highest BCUT2D eigenvalue weighted by Crippen LogP contribution is 2.17. The quantitative estimate of drug-likeness (QED) is 0.856. The molecule has 1 aromatic rings. The van der Waals surface area contributed by atoms with Crippen LogP contribution >= 0.6 is 0 Å². The fourth-order valence-corrected chi connectivity index (χ4v) is 2.58. The Kier molecular flexibility index (Phi) is 4.37. The van der Waals surface area contributed by atoms with Gasteiger partial charge in [-0.2, -0.15) is 0 Å². The van der Waals surface area contributed by atoms with Crippen molar-refractivity contribution in [3.63, 3.8) is 0 Å². The van der Waals surface area contributed by atoms with E-state index in [2.05, 4.69) is 5.32 Å². The Morgan fingerprint density at radius 3 is 2.78 bits per heavy atom. The average molecular weight is 246 g/mol. The number of hydrogen-bond acceptors (Lipinski definition) is 2. The Labute approximate surface area is 109 Å². The minimum Gasteiger partial charge on any atom is -0.352 e. The SMILES string of the molecule is Cc1ccccc1CC(=O)NC1CCCCC1N. The number of amides is 1. The molecular weight excluding hydrogens is 224 g/mol. The highest BCUT2D eigenvalue weighted by molar-refractivity contribution is 5.79. The van der Waals surface area contributed by atoms with E-state index in [1.165, 1.54) is 18.4 Å². The molecule has 0 bridgehead atoms. The monoisotopic (exact) mass is 246 g/mol. The summed E-state index contributed by atoms with van der Waals surface area (Å²) in [6, 6.07) is 8.30. The van der Waals surface area contributed by atoms with Crippen LogP contribution in [-0.2, 0) is 11.2 Å². The second-order valence-corrected chi connectivity index (χ2v) is 5.23. The first-order valence-electron chi connectivity index (χ1n) is 6.76. The van der Waals surface area contributed by atoms with E-state index in [9.17, 15) is 4.79 Å². The fourth-order valence-electron chi connectivity index (χ4n) is 2.58. The zero-order valence-corrected chi connectivity index (χ0v) is 11.0. The van der Waals surface area contributed by atoms with Crippen molar-refractivity contribution in [3.05, 3.63) is 35.4 Å². The van der Waals surface area contributed by atoms with Gasteiger partial charge in [0.25, 0.3) is 0 Å². The van der Waals surface area contributed by atoms with Crippen molar-refractivity contribution < 1.29 is 4.79 Å². The first-order chi connectivity index (χ1) is 8.66. The van der Waals surface area contributed by atoms with Crippen LogP contribution in [0.2, 0.25) is 0 Å². The van der Waals surface area contributed by atoms with Gasteiger partial charge in [0.05, 0.1) is 6.42 Å². The predicted molar refractivity (Wildman–Crippen MR) is 73.3 cm³/mol. The Balaban J connectivity index is 1.90. The normalized spacial score (nSPS) is 23.7. The molecule has 1 aliphatic carbocycles. The first kappa shape index (κ1) is 13.1. The van der Waals surface area contributed by atoms with Gasteiger partial charge < -0.3 is 11.1 Å². The Hall–Kier alpha value is -1.35. The molecule has 1 saturated carbocycles. The molecule has 1 amide bonds. The highest BCUT2D eigenvalue weighted by atomic mass is 16.1. The largest absolute Gasteiger partial charge is 0.352 e. The molecule has 1 aromatic carbocycles. The molecule has 18 heavy (non-hydrogen) atoms. The minimum absolute atomic E-state index is 0.0895. The number of carbonyl (C=O) groups excluding carboxylic acids is 1. The molecule has 98 valence electrons. The van der Waals surface area contributed by atoms with E-state index in [-0.39, 0.29) is 18.0 Å². The van der Waals surface area contributed by atoms with Crippen molar-refractivity contribution >= 4 is 5.91 Å². The molecule has 0 radical (unpaired) electrons. The van der Waals surface area contributed by atoms with Gasteiger partial charge in [0.1, 0.15) is 0 Å². The molecule has 2 rings (SSSR count). The van der Waals surface area contributed by atoms with Crippen LogP contribution in [0.15, 0.2) is 24.3 Å².